The van der Waals surface area contributed by atoms with Gasteiger partial charge in [0.1, 0.15) is 23.8 Å². The molecule has 12 heteroatoms. The van der Waals surface area contributed by atoms with Crippen LogP contribution in [0, 0.1) is 17.8 Å². The fourth-order valence-corrected chi connectivity index (χ4v) is 3.61. The van der Waals surface area contributed by atoms with Crippen molar-refractivity contribution in [3.63, 3.8) is 0 Å². The van der Waals surface area contributed by atoms with Gasteiger partial charge in [0.15, 0.2) is 0 Å². The minimum Gasteiger partial charge on any atom is -0.480 e. The highest BCUT2D eigenvalue weighted by Crippen LogP contribution is 2.09. The van der Waals surface area contributed by atoms with Crippen molar-refractivity contribution in [2.24, 2.45) is 17.8 Å². The fraction of sp³-hybridized carbons (Fsp3) is 0.640. The molecule has 0 bridgehead atoms. The molecule has 0 saturated heterocycles. The monoisotopic (exact) mass is 558 g/mol. The van der Waals surface area contributed by atoms with Gasteiger partial charge in [-0.15, -0.1) is 0 Å². The van der Waals surface area contributed by atoms with E-state index in [9.17, 15) is 29.1 Å². The molecule has 0 heterocycles. The average Bonchev–Trinajstić information content (AvgIpc) is 2.81. The van der Waals surface area contributed by atoms with Crippen LogP contribution < -0.4 is 21.3 Å². The minimum absolute atomic E-state index is 0.0199. The molecule has 4 amide bonds. The SMILES string of the molecule is C/C=C(\NC(=O)C(CS)NC(=O)[C@@H](NC(=O)CC(C)/C=C/CCS)C(C)C)C(=O)NC(C(=O)O)C(C)C. The number of hydrogen-bond donors (Lipinski definition) is 7. The highest BCUT2D eigenvalue weighted by atomic mass is 32.1. The van der Waals surface area contributed by atoms with E-state index in [-0.39, 0.29) is 41.5 Å². The second-order valence-electron chi connectivity index (χ2n) is 9.38. The predicted octanol–water partition coefficient (Wildman–Crippen LogP) is 1.69. The first-order chi connectivity index (χ1) is 17.3. The summed E-state index contributed by atoms with van der Waals surface area (Å²) < 4.78 is 0. The summed E-state index contributed by atoms with van der Waals surface area (Å²) in [6.07, 6.45) is 6.21. The van der Waals surface area contributed by atoms with Crippen molar-refractivity contribution in [1.29, 1.82) is 0 Å². The molecule has 5 N–H and O–H groups in total. The van der Waals surface area contributed by atoms with Gasteiger partial charge in [-0.3, -0.25) is 19.2 Å². The molecule has 0 aromatic heterocycles. The van der Waals surface area contributed by atoms with Gasteiger partial charge in [-0.25, -0.2) is 4.79 Å². The number of carboxylic acid groups (broad SMARTS) is 1. The smallest absolute Gasteiger partial charge is 0.326 e. The quantitative estimate of drug-likeness (QED) is 0.0869. The zero-order valence-corrected chi connectivity index (χ0v) is 24.2. The lowest BCUT2D eigenvalue weighted by molar-refractivity contribution is -0.142. The van der Waals surface area contributed by atoms with Crippen LogP contribution in [0.1, 0.15) is 54.4 Å². The minimum atomic E-state index is -1.20. The number of nitrogens with one attached hydrogen (secondary N) is 4. The Bertz CT molecular complexity index is 860. The third-order valence-corrected chi connectivity index (χ3v) is 5.98. The van der Waals surface area contributed by atoms with Crippen molar-refractivity contribution in [3.05, 3.63) is 23.9 Å². The molecule has 0 rings (SSSR count). The molecular formula is C25H42N4O6S2. The Kier molecular flexibility index (Phi) is 16.7. The van der Waals surface area contributed by atoms with Crippen LogP contribution in [0.5, 0.6) is 0 Å². The van der Waals surface area contributed by atoms with Crippen LogP contribution in [0.4, 0.5) is 0 Å². The first-order valence-corrected chi connectivity index (χ1v) is 13.5. The zero-order chi connectivity index (χ0) is 28.7. The average molecular weight is 559 g/mol. The number of rotatable bonds is 16. The number of aliphatic carboxylic acids is 1. The molecule has 0 aliphatic rings. The Balaban J connectivity index is 5.27. The molecule has 4 atom stereocenters. The van der Waals surface area contributed by atoms with Crippen molar-refractivity contribution in [3.8, 4) is 0 Å². The second-order valence-corrected chi connectivity index (χ2v) is 10.2. The summed E-state index contributed by atoms with van der Waals surface area (Å²) >= 11 is 8.29. The summed E-state index contributed by atoms with van der Waals surface area (Å²) in [5.41, 5.74) is -0.161. The van der Waals surface area contributed by atoms with E-state index >= 15 is 0 Å². The zero-order valence-electron chi connectivity index (χ0n) is 22.4. The highest BCUT2D eigenvalue weighted by Gasteiger charge is 2.30. The fourth-order valence-electron chi connectivity index (χ4n) is 3.20. The molecular weight excluding hydrogens is 516 g/mol. The number of carboxylic acids is 1. The third kappa shape index (κ3) is 13.1. The third-order valence-electron chi connectivity index (χ3n) is 5.36. The van der Waals surface area contributed by atoms with Gasteiger partial charge in [0.2, 0.25) is 17.7 Å². The largest absolute Gasteiger partial charge is 0.480 e. The van der Waals surface area contributed by atoms with Gasteiger partial charge in [-0.2, -0.15) is 25.3 Å². The molecule has 0 aromatic carbocycles. The van der Waals surface area contributed by atoms with Crippen LogP contribution in [0.25, 0.3) is 0 Å². The van der Waals surface area contributed by atoms with Crippen LogP contribution >= 0.6 is 25.3 Å². The maximum atomic E-state index is 13.0. The molecule has 210 valence electrons. The van der Waals surface area contributed by atoms with Crippen molar-refractivity contribution in [2.45, 2.75) is 72.5 Å². The van der Waals surface area contributed by atoms with E-state index in [4.69, 9.17) is 0 Å². The Morgan fingerprint density at radius 1 is 0.865 bits per heavy atom. The van der Waals surface area contributed by atoms with Gasteiger partial charge < -0.3 is 26.4 Å². The topological polar surface area (TPSA) is 154 Å². The molecule has 0 saturated carbocycles. The summed E-state index contributed by atoms with van der Waals surface area (Å²) in [5.74, 6) is -3.56. The van der Waals surface area contributed by atoms with E-state index in [1.54, 1.807) is 27.7 Å². The van der Waals surface area contributed by atoms with Crippen molar-refractivity contribution in [2.75, 3.05) is 11.5 Å². The number of hydrogen-bond acceptors (Lipinski definition) is 7. The standard InChI is InChI=1S/C25H42N4O6S2/c1-7-17(22(31)29-21(15(4)5)25(34)35)26-23(32)18(13-37)27-24(33)20(14(2)3)28-19(30)12-16(6)10-8-9-11-36/h7-8,10,14-16,18,20-21,36-37H,9,11-13H2,1-6H3,(H,26,32)(H,27,33)(H,28,30)(H,29,31)(H,34,35)/b10-8+,17-7-/t16?,18?,20-,21?/m0/s1. The molecule has 0 aliphatic carbocycles. The van der Waals surface area contributed by atoms with Crippen LogP contribution in [-0.4, -0.2) is 64.3 Å². The van der Waals surface area contributed by atoms with Gasteiger partial charge >= 0.3 is 5.97 Å². The van der Waals surface area contributed by atoms with Gasteiger partial charge in [-0.05, 0) is 36.9 Å². The number of carbonyl (C=O) groups excluding carboxylic acids is 4. The Labute approximate surface area is 230 Å². The van der Waals surface area contributed by atoms with Crippen LogP contribution in [-0.2, 0) is 24.0 Å². The van der Waals surface area contributed by atoms with E-state index < -0.39 is 41.8 Å². The second kappa shape index (κ2) is 17.9. The van der Waals surface area contributed by atoms with Crippen LogP contribution in [0.2, 0.25) is 0 Å². The molecule has 0 radical (unpaired) electrons. The van der Waals surface area contributed by atoms with Crippen LogP contribution in [0.3, 0.4) is 0 Å². The van der Waals surface area contributed by atoms with Crippen molar-refractivity contribution < 1.29 is 29.1 Å². The van der Waals surface area contributed by atoms with E-state index in [1.807, 2.05) is 19.1 Å². The normalized spacial score (nSPS) is 15.1. The van der Waals surface area contributed by atoms with E-state index in [0.717, 1.165) is 6.42 Å². The first kappa shape index (κ1) is 34.5. The highest BCUT2D eigenvalue weighted by molar-refractivity contribution is 7.80. The van der Waals surface area contributed by atoms with Gasteiger partial charge in [0, 0.05) is 12.2 Å². The lowest BCUT2D eigenvalue weighted by Gasteiger charge is -2.25. The van der Waals surface area contributed by atoms with Gasteiger partial charge in [0.25, 0.3) is 5.91 Å². The first-order valence-electron chi connectivity index (χ1n) is 12.3. The van der Waals surface area contributed by atoms with Gasteiger partial charge in [0.05, 0.1) is 0 Å². The number of amides is 4. The Morgan fingerprint density at radius 3 is 1.92 bits per heavy atom. The molecule has 3 unspecified atom stereocenters. The molecule has 0 fully saturated rings. The summed E-state index contributed by atoms with van der Waals surface area (Å²) in [6, 6.07) is -3.14. The summed E-state index contributed by atoms with van der Waals surface area (Å²) in [4.78, 5) is 62.2. The molecule has 10 nitrogen and oxygen atoms in total. The maximum Gasteiger partial charge on any atom is 0.326 e. The Hall–Kier alpha value is -2.47. The molecule has 0 spiro atoms. The molecule has 0 aliphatic heterocycles. The molecule has 0 aromatic rings. The maximum absolute atomic E-state index is 13.0. The van der Waals surface area contributed by atoms with Crippen molar-refractivity contribution in [1.82, 2.24) is 21.3 Å². The summed E-state index contributed by atoms with van der Waals surface area (Å²) in [5, 5.41) is 19.4. The summed E-state index contributed by atoms with van der Waals surface area (Å²) in [6.45, 7) is 10.2. The number of thiol groups is 2. The molecule has 37 heavy (non-hydrogen) atoms. The number of carbonyl (C=O) groups is 5. The lowest BCUT2D eigenvalue weighted by Crippen LogP contribution is -2.56. The van der Waals surface area contributed by atoms with Crippen LogP contribution in [0.15, 0.2) is 23.9 Å². The predicted molar refractivity (Wildman–Crippen MR) is 150 cm³/mol. The van der Waals surface area contributed by atoms with E-state index in [0.29, 0.717) is 5.75 Å². The lowest BCUT2D eigenvalue weighted by atomic mass is 10.0. The van der Waals surface area contributed by atoms with E-state index in [1.165, 1.54) is 13.0 Å². The van der Waals surface area contributed by atoms with Gasteiger partial charge in [-0.1, -0.05) is 52.8 Å². The number of allylic oxidation sites excluding steroid dienone is 3. The Morgan fingerprint density at radius 2 is 1.46 bits per heavy atom. The van der Waals surface area contributed by atoms with E-state index in [2.05, 4.69) is 46.5 Å². The summed E-state index contributed by atoms with van der Waals surface area (Å²) in [7, 11) is 0. The van der Waals surface area contributed by atoms with Crippen molar-refractivity contribution >= 4 is 54.9 Å².